The number of carbonyl (C=O) groups excluding carboxylic acids is 1. The first kappa shape index (κ1) is 28.0. The molecule has 3 aromatic rings. The Morgan fingerprint density at radius 3 is 1.89 bits per heavy atom. The fourth-order valence-corrected chi connectivity index (χ4v) is 4.35. The van der Waals surface area contributed by atoms with Crippen LogP contribution in [0.15, 0.2) is 91.0 Å². The zero-order chi connectivity index (χ0) is 26.6. The maximum Gasteiger partial charge on any atom is 0.334 e. The van der Waals surface area contributed by atoms with Crippen LogP contribution in [0.1, 0.15) is 30.0 Å². The second-order valence-corrected chi connectivity index (χ2v) is 9.24. The molecule has 3 aromatic carbocycles. The summed E-state index contributed by atoms with van der Waals surface area (Å²) in [5.74, 6) is -0.463. The normalized spacial score (nSPS) is 22.1. The van der Waals surface area contributed by atoms with Gasteiger partial charge in [0.05, 0.1) is 39.6 Å². The molecule has 5 atom stereocenters. The molecular weight excluding hydrogens is 484 g/mol. The summed E-state index contributed by atoms with van der Waals surface area (Å²) < 4.78 is 36.0. The summed E-state index contributed by atoms with van der Waals surface area (Å²) in [7, 11) is 1.34. The van der Waals surface area contributed by atoms with E-state index >= 15 is 0 Å². The van der Waals surface area contributed by atoms with Crippen LogP contribution >= 0.6 is 0 Å². The van der Waals surface area contributed by atoms with E-state index in [1.54, 1.807) is 6.92 Å². The Hall–Kier alpha value is -3.07. The van der Waals surface area contributed by atoms with Crippen molar-refractivity contribution in [3.05, 3.63) is 108 Å². The average molecular weight is 521 g/mol. The molecule has 1 fully saturated rings. The lowest BCUT2D eigenvalue weighted by molar-refractivity contribution is -0.286. The van der Waals surface area contributed by atoms with Crippen molar-refractivity contribution < 1.29 is 33.2 Å². The third-order valence-corrected chi connectivity index (χ3v) is 6.36. The molecule has 1 saturated heterocycles. The molecule has 0 aliphatic carbocycles. The van der Waals surface area contributed by atoms with Crippen LogP contribution in [0.5, 0.6) is 0 Å². The first-order chi connectivity index (χ1) is 18.6. The monoisotopic (exact) mass is 520 g/mol. The fraction of sp³-hybridized carbons (Fsp3) is 0.387. The van der Waals surface area contributed by atoms with Gasteiger partial charge in [-0.05, 0) is 23.6 Å². The second-order valence-electron chi connectivity index (χ2n) is 9.24. The first-order valence-electron chi connectivity index (χ1n) is 12.9. The van der Waals surface area contributed by atoms with Gasteiger partial charge in [0, 0.05) is 6.42 Å². The molecule has 0 radical (unpaired) electrons. The molecule has 7 heteroatoms. The first-order valence-corrected chi connectivity index (χ1v) is 12.9. The molecular formula is C31H36O7. The third kappa shape index (κ3) is 8.48. The lowest BCUT2D eigenvalue weighted by Gasteiger charge is -2.41. The summed E-state index contributed by atoms with van der Waals surface area (Å²) >= 11 is 0. The van der Waals surface area contributed by atoms with Gasteiger partial charge in [-0.2, -0.15) is 0 Å². The van der Waals surface area contributed by atoms with Crippen molar-refractivity contribution in [3.8, 4) is 0 Å². The van der Waals surface area contributed by atoms with Crippen LogP contribution < -0.4 is 0 Å². The van der Waals surface area contributed by atoms with Gasteiger partial charge in [0.1, 0.15) is 12.2 Å². The van der Waals surface area contributed by atoms with Crippen LogP contribution in [0.4, 0.5) is 0 Å². The van der Waals surface area contributed by atoms with Crippen LogP contribution in [0.25, 0.3) is 0 Å². The van der Waals surface area contributed by atoms with Crippen LogP contribution in [0.3, 0.4) is 0 Å². The number of carbonyl (C=O) groups is 1. The molecule has 0 aromatic heterocycles. The van der Waals surface area contributed by atoms with Gasteiger partial charge in [-0.15, -0.1) is 0 Å². The van der Waals surface area contributed by atoms with E-state index in [0.29, 0.717) is 26.2 Å². The molecule has 0 amide bonds. The zero-order valence-corrected chi connectivity index (χ0v) is 21.9. The summed E-state index contributed by atoms with van der Waals surface area (Å²) in [6, 6.07) is 29.9. The summed E-state index contributed by atoms with van der Waals surface area (Å²) in [6.45, 7) is 3.17. The molecule has 0 spiro atoms. The Morgan fingerprint density at radius 1 is 0.816 bits per heavy atom. The predicted molar refractivity (Wildman–Crippen MR) is 142 cm³/mol. The topological polar surface area (TPSA) is 72.5 Å². The van der Waals surface area contributed by atoms with Crippen LogP contribution in [0, 0.1) is 0 Å². The van der Waals surface area contributed by atoms with Gasteiger partial charge in [0.2, 0.25) is 0 Å². The van der Waals surface area contributed by atoms with Crippen molar-refractivity contribution in [1.29, 1.82) is 0 Å². The van der Waals surface area contributed by atoms with Gasteiger partial charge in [0.25, 0.3) is 0 Å². The van der Waals surface area contributed by atoms with Crippen molar-refractivity contribution in [2.75, 3.05) is 13.7 Å². The maximum absolute atomic E-state index is 12.0. The van der Waals surface area contributed by atoms with Crippen molar-refractivity contribution in [1.82, 2.24) is 0 Å². The molecule has 7 nitrogen and oxygen atoms in total. The van der Waals surface area contributed by atoms with Crippen LogP contribution in [0.2, 0.25) is 0 Å². The van der Waals surface area contributed by atoms with E-state index in [0.717, 1.165) is 16.7 Å². The Bertz CT molecular complexity index is 1080. The van der Waals surface area contributed by atoms with E-state index < -0.39 is 30.6 Å². The minimum Gasteiger partial charge on any atom is -0.467 e. The van der Waals surface area contributed by atoms with Gasteiger partial charge in [-0.3, -0.25) is 0 Å². The molecule has 1 aliphatic heterocycles. The van der Waals surface area contributed by atoms with Crippen molar-refractivity contribution in [3.63, 3.8) is 0 Å². The molecule has 1 heterocycles. The SMILES string of the molecule is COC(=O)[C@H](C)O[C@@H]1C[C@@H](OCc2ccccc2)[C@H](OCc2ccccc2)[C@@H](COCc2ccccc2)O1. The number of benzene rings is 3. The van der Waals surface area contributed by atoms with Gasteiger partial charge in [-0.25, -0.2) is 4.79 Å². The second kappa shape index (κ2) is 14.8. The van der Waals surface area contributed by atoms with E-state index in [-0.39, 0.29) is 12.7 Å². The van der Waals surface area contributed by atoms with E-state index in [9.17, 15) is 4.79 Å². The predicted octanol–water partition coefficient (Wildman–Crippen LogP) is 5.07. The van der Waals surface area contributed by atoms with E-state index in [1.807, 2.05) is 91.0 Å². The highest BCUT2D eigenvalue weighted by molar-refractivity contribution is 5.73. The van der Waals surface area contributed by atoms with Crippen molar-refractivity contribution >= 4 is 5.97 Å². The lowest BCUT2D eigenvalue weighted by atomic mass is 10.0. The van der Waals surface area contributed by atoms with Gasteiger partial charge in [0.15, 0.2) is 12.4 Å². The average Bonchev–Trinajstić information content (AvgIpc) is 2.96. The van der Waals surface area contributed by atoms with Crippen LogP contribution in [-0.2, 0) is 53.0 Å². The number of ether oxygens (including phenoxy) is 6. The number of esters is 1. The largest absolute Gasteiger partial charge is 0.467 e. The van der Waals surface area contributed by atoms with Gasteiger partial charge < -0.3 is 28.4 Å². The summed E-state index contributed by atoms with van der Waals surface area (Å²) in [4.78, 5) is 12.0. The minimum absolute atomic E-state index is 0.270. The van der Waals surface area contributed by atoms with Crippen molar-refractivity contribution in [2.24, 2.45) is 0 Å². The maximum atomic E-state index is 12.0. The molecule has 1 aliphatic rings. The summed E-state index contributed by atoms with van der Waals surface area (Å²) in [5, 5.41) is 0. The standard InChI is InChI=1S/C31H36O7/c1-23(31(32)33-2)37-29-18-27(35-20-25-14-8-4-9-15-25)30(36-21-26-16-10-5-11-17-26)28(38-29)22-34-19-24-12-6-3-7-13-24/h3-17,23,27-30H,18-22H2,1-2H3/t23-,27+,28+,29-,30-/m0/s1. The number of hydrogen-bond donors (Lipinski definition) is 0. The van der Waals surface area contributed by atoms with E-state index in [1.165, 1.54) is 7.11 Å². The molecule has 4 rings (SSSR count). The van der Waals surface area contributed by atoms with Crippen molar-refractivity contribution in [2.45, 2.75) is 63.9 Å². The number of hydrogen-bond acceptors (Lipinski definition) is 7. The third-order valence-electron chi connectivity index (χ3n) is 6.36. The number of rotatable bonds is 13. The lowest BCUT2D eigenvalue weighted by Crippen LogP contribution is -2.53. The Labute approximate surface area is 224 Å². The quantitative estimate of drug-likeness (QED) is 0.292. The highest BCUT2D eigenvalue weighted by atomic mass is 16.7. The molecule has 0 unspecified atom stereocenters. The Kier molecular flexibility index (Phi) is 10.9. The van der Waals surface area contributed by atoms with Gasteiger partial charge >= 0.3 is 5.97 Å². The smallest absolute Gasteiger partial charge is 0.334 e. The summed E-state index contributed by atoms with van der Waals surface area (Å²) in [6.07, 6.45) is -2.33. The number of methoxy groups -OCH3 is 1. The highest BCUT2D eigenvalue weighted by Crippen LogP contribution is 2.29. The van der Waals surface area contributed by atoms with E-state index in [2.05, 4.69) is 0 Å². The van der Waals surface area contributed by atoms with Crippen LogP contribution in [-0.4, -0.2) is 50.4 Å². The van der Waals surface area contributed by atoms with Gasteiger partial charge in [-0.1, -0.05) is 91.0 Å². The minimum atomic E-state index is -0.785. The Morgan fingerprint density at radius 2 is 1.34 bits per heavy atom. The fourth-order valence-electron chi connectivity index (χ4n) is 4.35. The highest BCUT2D eigenvalue weighted by Gasteiger charge is 2.42. The molecule has 0 saturated carbocycles. The molecule has 0 N–H and O–H groups in total. The molecule has 38 heavy (non-hydrogen) atoms. The Balaban J connectivity index is 1.50. The molecule has 0 bridgehead atoms. The zero-order valence-electron chi connectivity index (χ0n) is 21.9. The van der Waals surface area contributed by atoms with E-state index in [4.69, 9.17) is 28.4 Å². The summed E-state index contributed by atoms with van der Waals surface area (Å²) in [5.41, 5.74) is 3.17. The molecule has 202 valence electrons.